The van der Waals surface area contributed by atoms with Crippen molar-refractivity contribution in [2.75, 3.05) is 26.1 Å². The molecule has 2 heterocycles. The van der Waals surface area contributed by atoms with Gasteiger partial charge in [0.15, 0.2) is 22.9 Å². The molecule has 48 heavy (non-hydrogen) atoms. The molecule has 1 aliphatic heterocycles. The predicted molar refractivity (Wildman–Crippen MR) is 195 cm³/mol. The van der Waals surface area contributed by atoms with Crippen molar-refractivity contribution < 1.29 is 31.9 Å². The van der Waals surface area contributed by atoms with Crippen LogP contribution in [-0.4, -0.2) is 70.6 Å². The zero-order valence-electron chi connectivity index (χ0n) is 31.2. The number of nitrogen functional groups attached to an aromatic ring is 1. The van der Waals surface area contributed by atoms with E-state index in [2.05, 4.69) is 78.0 Å². The number of anilines is 1. The highest BCUT2D eigenvalue weighted by Crippen LogP contribution is 2.57. The van der Waals surface area contributed by atoms with Gasteiger partial charge >= 0.3 is 13.3 Å². The first-order valence-electron chi connectivity index (χ1n) is 16.7. The van der Waals surface area contributed by atoms with Crippen molar-refractivity contribution in [1.82, 2.24) is 14.9 Å². The number of benzene rings is 1. The van der Waals surface area contributed by atoms with E-state index in [1.54, 1.807) is 33.2 Å². The van der Waals surface area contributed by atoms with Crippen molar-refractivity contribution in [3.05, 3.63) is 52.6 Å². The van der Waals surface area contributed by atoms with Crippen LogP contribution < -0.4 is 21.5 Å². The average molecular weight is 727 g/mol. The smallest absolute Gasteiger partial charge is 0.351 e. The van der Waals surface area contributed by atoms with Crippen LogP contribution in [0.25, 0.3) is 0 Å². The third-order valence-electron chi connectivity index (χ3n) is 9.77. The number of nitrogens with one attached hydrogen (secondary N) is 1. The number of nitrogens with two attached hydrogens (primary N) is 1. The third kappa shape index (κ3) is 9.26. The van der Waals surface area contributed by atoms with E-state index in [1.807, 2.05) is 24.3 Å². The topological polar surface area (TPSA) is 145 Å². The van der Waals surface area contributed by atoms with Crippen LogP contribution in [0, 0.1) is 0 Å². The Labute approximate surface area is 289 Å². The first kappa shape index (κ1) is 40.6. The molecular formula is C33H59N4O8PSi2. The molecule has 15 heteroatoms. The van der Waals surface area contributed by atoms with E-state index in [9.17, 15) is 9.36 Å². The van der Waals surface area contributed by atoms with Gasteiger partial charge in [-0.2, -0.15) is 4.98 Å². The molecule has 0 amide bonds. The van der Waals surface area contributed by atoms with Crippen LogP contribution in [0.3, 0.4) is 0 Å². The summed E-state index contributed by atoms with van der Waals surface area (Å²) in [6, 6.07) is 9.15. The summed E-state index contributed by atoms with van der Waals surface area (Å²) in [6.07, 6.45) is -1.87. The molecular weight excluding hydrogens is 668 g/mol. The Hall–Kier alpha value is -1.88. The summed E-state index contributed by atoms with van der Waals surface area (Å²) in [7, 11) is -7.37. The molecule has 0 unspecified atom stereocenters. The fourth-order valence-electron chi connectivity index (χ4n) is 4.99. The van der Waals surface area contributed by atoms with Gasteiger partial charge in [-0.3, -0.25) is 14.4 Å². The van der Waals surface area contributed by atoms with Crippen LogP contribution in [-0.2, 0) is 33.7 Å². The number of hydrogen-bond donors (Lipinski definition) is 2. The van der Waals surface area contributed by atoms with E-state index in [1.165, 1.54) is 4.57 Å². The molecule has 0 aliphatic carbocycles. The molecule has 12 nitrogen and oxygen atoms in total. The molecule has 1 aliphatic rings. The normalized spacial score (nSPS) is 21.8. The zero-order chi connectivity index (χ0) is 36.3. The third-order valence-corrected chi connectivity index (χ3v) is 21.1. The Bertz CT molecular complexity index is 1450. The lowest BCUT2D eigenvalue weighted by Crippen LogP contribution is -2.56. The SMILES string of the molecule is CCOP(=O)(OCC)[C@H](NCc1ccc(OC)cc1)[C@H]1O[C@@H](n2ccc(N)nc2=O)[C@H](O[Si](C)(C)C(C)(C)C)[C@@H]1O[Si](C)(C)C(C)(C)C. The van der Waals surface area contributed by atoms with Crippen molar-refractivity contribution in [2.24, 2.45) is 0 Å². The van der Waals surface area contributed by atoms with E-state index < -0.39 is 60.2 Å². The molecule has 1 aromatic heterocycles. The lowest BCUT2D eigenvalue weighted by atomic mass is 10.1. The van der Waals surface area contributed by atoms with Gasteiger partial charge in [-0.05, 0) is 73.9 Å². The summed E-state index contributed by atoms with van der Waals surface area (Å²) < 4.78 is 54.9. The van der Waals surface area contributed by atoms with Crippen molar-refractivity contribution >= 4 is 30.0 Å². The fourth-order valence-corrected chi connectivity index (χ4v) is 9.60. The minimum Gasteiger partial charge on any atom is -0.497 e. The molecule has 1 aromatic carbocycles. The van der Waals surface area contributed by atoms with Gasteiger partial charge in [-0.15, -0.1) is 0 Å². The van der Waals surface area contributed by atoms with Gasteiger partial charge in [0.05, 0.1) is 20.3 Å². The Kier molecular flexibility index (Phi) is 13.2. The second-order valence-electron chi connectivity index (χ2n) is 15.3. The molecule has 0 radical (unpaired) electrons. The Morgan fingerprint density at radius 2 is 1.46 bits per heavy atom. The van der Waals surface area contributed by atoms with Gasteiger partial charge < -0.3 is 33.1 Å². The molecule has 0 spiro atoms. The van der Waals surface area contributed by atoms with Gasteiger partial charge in [0.2, 0.25) is 0 Å². The van der Waals surface area contributed by atoms with Gasteiger partial charge in [0.25, 0.3) is 0 Å². The van der Waals surface area contributed by atoms with Gasteiger partial charge in [-0.1, -0.05) is 53.7 Å². The van der Waals surface area contributed by atoms with Crippen molar-refractivity contribution in [1.29, 1.82) is 0 Å². The average Bonchev–Trinajstić information content (AvgIpc) is 3.28. The quantitative estimate of drug-likeness (QED) is 0.146. The van der Waals surface area contributed by atoms with E-state index in [0.717, 1.165) is 11.3 Å². The Balaban J connectivity index is 2.29. The molecule has 272 valence electrons. The highest BCUT2D eigenvalue weighted by atomic mass is 31.2. The van der Waals surface area contributed by atoms with E-state index in [4.69, 9.17) is 33.1 Å². The lowest BCUT2D eigenvalue weighted by molar-refractivity contribution is -0.0429. The summed E-state index contributed by atoms with van der Waals surface area (Å²) in [6.45, 7) is 25.7. The van der Waals surface area contributed by atoms with Crippen LogP contribution in [0.15, 0.2) is 41.3 Å². The molecule has 1 fully saturated rings. The van der Waals surface area contributed by atoms with Crippen molar-refractivity contribution in [2.45, 2.75) is 129 Å². The summed E-state index contributed by atoms with van der Waals surface area (Å²) in [5, 5.41) is 3.11. The predicted octanol–water partition coefficient (Wildman–Crippen LogP) is 6.89. The maximum Gasteiger partial charge on any atom is 0.351 e. The van der Waals surface area contributed by atoms with E-state index >= 15 is 0 Å². The van der Waals surface area contributed by atoms with Crippen LogP contribution >= 0.6 is 7.60 Å². The lowest BCUT2D eigenvalue weighted by Gasteiger charge is -2.45. The first-order chi connectivity index (χ1) is 22.1. The van der Waals surface area contributed by atoms with Gasteiger partial charge in [0.1, 0.15) is 35.7 Å². The number of nitrogens with zero attached hydrogens (tertiary/aromatic N) is 2. The van der Waals surface area contributed by atoms with Crippen molar-refractivity contribution in [3.8, 4) is 5.75 Å². The molecule has 0 bridgehead atoms. The summed E-state index contributed by atoms with van der Waals surface area (Å²) >= 11 is 0. The standard InChI is InChI=1S/C33H59N4O8PSi2/c1-14-41-46(39,42-15-2)29(35-22-23-16-18-24(40-9)19-17-23)27-26(44-47(10,11)32(3,4)5)28(45-48(12,13)33(6,7)8)30(43-27)37-21-20-25(34)36-31(37)38/h16-21,26-30,35H,14-15,22H2,1-13H3,(H2,34,36,38)/t26-,27+,28-,29+,30-/m1/s1. The highest BCUT2D eigenvalue weighted by molar-refractivity contribution is 7.54. The maximum absolute atomic E-state index is 14.9. The fraction of sp³-hybridized carbons (Fsp3) is 0.697. The first-order valence-corrected chi connectivity index (χ1v) is 24.1. The van der Waals surface area contributed by atoms with Crippen LogP contribution in [0.1, 0.15) is 67.2 Å². The summed E-state index contributed by atoms with van der Waals surface area (Å²) in [5.74, 6) is -0.178. The second-order valence-corrected chi connectivity index (χ2v) is 26.9. The Morgan fingerprint density at radius 1 is 0.938 bits per heavy atom. The number of aromatic nitrogens is 2. The number of rotatable bonds is 15. The molecule has 1 saturated heterocycles. The van der Waals surface area contributed by atoms with Crippen LogP contribution in [0.5, 0.6) is 5.75 Å². The number of methoxy groups -OCH3 is 1. The number of hydrogen-bond acceptors (Lipinski definition) is 11. The van der Waals surface area contributed by atoms with E-state index in [0.29, 0.717) is 6.54 Å². The molecule has 0 saturated carbocycles. The molecule has 5 atom stereocenters. The second kappa shape index (κ2) is 15.6. The van der Waals surface area contributed by atoms with Crippen molar-refractivity contribution in [3.63, 3.8) is 0 Å². The van der Waals surface area contributed by atoms with Crippen LogP contribution in [0.2, 0.25) is 36.3 Å². The van der Waals surface area contributed by atoms with E-state index in [-0.39, 0.29) is 29.1 Å². The highest BCUT2D eigenvalue weighted by Gasteiger charge is 2.59. The molecule has 2 aromatic rings. The summed E-state index contributed by atoms with van der Waals surface area (Å²) in [5.41, 5.74) is 6.23. The molecule has 3 N–H and O–H groups in total. The van der Waals surface area contributed by atoms with Gasteiger partial charge in [0, 0.05) is 12.7 Å². The maximum atomic E-state index is 14.9. The van der Waals surface area contributed by atoms with Gasteiger partial charge in [-0.25, -0.2) is 4.79 Å². The molecule has 3 rings (SSSR count). The minimum absolute atomic E-state index is 0.0953. The largest absolute Gasteiger partial charge is 0.497 e. The summed E-state index contributed by atoms with van der Waals surface area (Å²) in [4.78, 5) is 17.4. The van der Waals surface area contributed by atoms with Crippen LogP contribution in [0.4, 0.5) is 5.82 Å². The zero-order valence-corrected chi connectivity index (χ0v) is 34.1. The Morgan fingerprint density at radius 3 is 1.92 bits per heavy atom. The minimum atomic E-state index is -3.92. The monoisotopic (exact) mass is 726 g/mol. The number of ether oxygens (including phenoxy) is 2.